The first-order chi connectivity index (χ1) is 15.3. The van der Waals surface area contributed by atoms with Crippen LogP contribution in [-0.4, -0.2) is 17.2 Å². The van der Waals surface area contributed by atoms with Gasteiger partial charge in [-0.15, -0.1) is 0 Å². The molecule has 1 aromatic heterocycles. The van der Waals surface area contributed by atoms with Crippen LogP contribution in [-0.2, 0) is 9.59 Å². The zero-order chi connectivity index (χ0) is 22.9. The lowest BCUT2D eigenvalue weighted by Crippen LogP contribution is -2.52. The molecule has 0 spiro atoms. The summed E-state index contributed by atoms with van der Waals surface area (Å²) in [6, 6.07) is 18.7. The van der Waals surface area contributed by atoms with Crippen molar-refractivity contribution in [3.05, 3.63) is 93.6 Å². The lowest BCUT2D eigenvalue weighted by molar-refractivity contribution is -0.133. The van der Waals surface area contributed by atoms with Crippen LogP contribution in [0.2, 0.25) is 10.0 Å². The number of carbonyl (C=O) groups excluding carboxylic acids is 2. The summed E-state index contributed by atoms with van der Waals surface area (Å²) in [5.41, 5.74) is 1.99. The number of benzene rings is 2. The monoisotopic (exact) mass is 466 g/mol. The molecule has 32 heavy (non-hydrogen) atoms. The predicted octanol–water partition coefficient (Wildman–Crippen LogP) is 6.55. The molecule has 4 rings (SSSR count). The molecule has 3 atom stereocenters. The third kappa shape index (κ3) is 4.17. The van der Waals surface area contributed by atoms with E-state index in [0.717, 1.165) is 23.0 Å². The Morgan fingerprint density at radius 2 is 1.81 bits per heavy atom. The quantitative estimate of drug-likeness (QED) is 0.400. The zero-order valence-electron chi connectivity index (χ0n) is 18.0. The van der Waals surface area contributed by atoms with Crippen LogP contribution in [0.5, 0.6) is 0 Å². The Morgan fingerprint density at radius 3 is 2.47 bits per heavy atom. The van der Waals surface area contributed by atoms with Crippen molar-refractivity contribution >= 4 is 41.2 Å². The molecule has 1 aliphatic heterocycles. The van der Waals surface area contributed by atoms with Crippen LogP contribution in [0.25, 0.3) is 0 Å². The molecule has 1 saturated heterocycles. The van der Waals surface area contributed by atoms with Crippen LogP contribution < -0.4 is 4.90 Å². The number of carbonyl (C=O) groups is 2. The fraction of sp³-hybridized carbons (Fsp3) is 0.269. The van der Waals surface area contributed by atoms with Crippen molar-refractivity contribution in [2.75, 3.05) is 4.90 Å². The van der Waals surface area contributed by atoms with Crippen molar-refractivity contribution in [1.29, 1.82) is 0 Å². The Balaban J connectivity index is 1.97. The molecule has 0 radical (unpaired) electrons. The van der Waals surface area contributed by atoms with Crippen molar-refractivity contribution in [3.8, 4) is 0 Å². The molecule has 1 aliphatic rings. The summed E-state index contributed by atoms with van der Waals surface area (Å²) in [7, 11) is 0. The van der Waals surface area contributed by atoms with Crippen molar-refractivity contribution in [3.63, 3.8) is 0 Å². The van der Waals surface area contributed by atoms with Gasteiger partial charge < -0.3 is 4.79 Å². The number of aryl methyl sites for hydroxylation is 1. The number of halogens is 2. The number of amides is 1. The highest BCUT2D eigenvalue weighted by Crippen LogP contribution is 2.52. The maximum absolute atomic E-state index is 14.0. The predicted molar refractivity (Wildman–Crippen MR) is 128 cm³/mol. The van der Waals surface area contributed by atoms with E-state index in [1.807, 2.05) is 74.5 Å². The first-order valence-corrected chi connectivity index (χ1v) is 11.3. The summed E-state index contributed by atoms with van der Waals surface area (Å²) in [4.78, 5) is 31.9. The normalized spacial score (nSPS) is 23.2. The second-order valence-electron chi connectivity index (χ2n) is 8.61. The van der Waals surface area contributed by atoms with Gasteiger partial charge in [0.1, 0.15) is 12.1 Å². The average molecular weight is 467 g/mol. The zero-order valence-corrected chi connectivity index (χ0v) is 19.5. The topological polar surface area (TPSA) is 50.3 Å². The van der Waals surface area contributed by atoms with Crippen molar-refractivity contribution in [2.24, 2.45) is 5.41 Å². The Morgan fingerprint density at radius 1 is 1.06 bits per heavy atom. The lowest BCUT2D eigenvalue weighted by Gasteiger charge is -2.48. The highest BCUT2D eigenvalue weighted by Gasteiger charge is 2.50. The van der Waals surface area contributed by atoms with E-state index >= 15 is 0 Å². The summed E-state index contributed by atoms with van der Waals surface area (Å²) in [6.07, 6.45) is 3.17. The molecule has 6 heteroatoms. The van der Waals surface area contributed by atoms with Gasteiger partial charge in [0, 0.05) is 28.6 Å². The van der Waals surface area contributed by atoms with Gasteiger partial charge in [-0.25, -0.2) is 4.98 Å². The molecule has 2 heterocycles. The molecule has 0 unspecified atom stereocenters. The molecule has 4 nitrogen and oxygen atoms in total. The minimum atomic E-state index is -0.860. The third-order valence-corrected chi connectivity index (χ3v) is 6.78. The summed E-state index contributed by atoms with van der Waals surface area (Å²) in [5, 5.41) is 1.26. The number of piperidine rings is 1. The number of anilines is 1. The fourth-order valence-corrected chi connectivity index (χ4v) is 5.00. The Bertz CT molecular complexity index is 1150. The van der Waals surface area contributed by atoms with E-state index in [0.29, 0.717) is 22.3 Å². The SMILES string of the molecule is Cc1cccnc1N1C(=O)[C@@](C)(CC=O)C[C@H](c2cccc(Cl)c2)[C@H]1c1ccc(Cl)cc1. The van der Waals surface area contributed by atoms with E-state index < -0.39 is 5.41 Å². The Hall–Kier alpha value is -2.69. The minimum Gasteiger partial charge on any atom is -0.303 e. The number of hydrogen-bond donors (Lipinski definition) is 0. The van der Waals surface area contributed by atoms with Crippen molar-refractivity contribution in [1.82, 2.24) is 4.98 Å². The average Bonchev–Trinajstić information content (AvgIpc) is 2.77. The number of nitrogens with zero attached hydrogens (tertiary/aromatic N) is 2. The third-order valence-electron chi connectivity index (χ3n) is 6.30. The fourth-order valence-electron chi connectivity index (χ4n) is 4.67. The minimum absolute atomic E-state index is 0.0982. The summed E-state index contributed by atoms with van der Waals surface area (Å²) >= 11 is 12.5. The molecule has 1 amide bonds. The lowest BCUT2D eigenvalue weighted by atomic mass is 9.67. The number of hydrogen-bond acceptors (Lipinski definition) is 3. The van der Waals surface area contributed by atoms with Crippen molar-refractivity contribution in [2.45, 2.75) is 38.6 Å². The van der Waals surface area contributed by atoms with E-state index in [1.54, 1.807) is 11.1 Å². The second kappa shape index (κ2) is 9.05. The number of pyridine rings is 1. The van der Waals surface area contributed by atoms with Gasteiger partial charge in [0.2, 0.25) is 5.91 Å². The molecule has 164 valence electrons. The summed E-state index contributed by atoms with van der Waals surface area (Å²) < 4.78 is 0. The molecular weight excluding hydrogens is 443 g/mol. The largest absolute Gasteiger partial charge is 0.303 e. The van der Waals surface area contributed by atoms with E-state index in [2.05, 4.69) is 4.98 Å². The molecule has 3 aromatic rings. The van der Waals surface area contributed by atoms with Crippen LogP contribution in [0.1, 0.15) is 48.4 Å². The molecule has 2 aromatic carbocycles. The van der Waals surface area contributed by atoms with Gasteiger partial charge in [-0.3, -0.25) is 9.69 Å². The maximum Gasteiger partial charge on any atom is 0.235 e. The van der Waals surface area contributed by atoms with E-state index in [-0.39, 0.29) is 24.3 Å². The highest BCUT2D eigenvalue weighted by molar-refractivity contribution is 6.30. The summed E-state index contributed by atoms with van der Waals surface area (Å²) in [6.45, 7) is 3.80. The molecule has 0 aliphatic carbocycles. The van der Waals surface area contributed by atoms with Gasteiger partial charge in [0.25, 0.3) is 0 Å². The second-order valence-corrected chi connectivity index (χ2v) is 9.49. The number of aromatic nitrogens is 1. The number of rotatable bonds is 5. The van der Waals surface area contributed by atoms with Gasteiger partial charge >= 0.3 is 0 Å². The highest BCUT2D eigenvalue weighted by atomic mass is 35.5. The Labute approximate surface area is 198 Å². The van der Waals surface area contributed by atoms with E-state index in [9.17, 15) is 9.59 Å². The Kier molecular flexibility index (Phi) is 6.36. The molecular formula is C26H24Cl2N2O2. The maximum atomic E-state index is 14.0. The first kappa shape index (κ1) is 22.5. The summed E-state index contributed by atoms with van der Waals surface area (Å²) in [5.74, 6) is 0.393. The van der Waals surface area contributed by atoms with Crippen LogP contribution >= 0.6 is 23.2 Å². The van der Waals surface area contributed by atoms with Gasteiger partial charge in [-0.05, 0) is 60.4 Å². The van der Waals surface area contributed by atoms with Gasteiger partial charge in [0.15, 0.2) is 0 Å². The smallest absolute Gasteiger partial charge is 0.235 e. The van der Waals surface area contributed by atoms with Crippen LogP contribution in [0.3, 0.4) is 0 Å². The molecule has 0 saturated carbocycles. The van der Waals surface area contributed by atoms with E-state index in [4.69, 9.17) is 23.2 Å². The van der Waals surface area contributed by atoms with Gasteiger partial charge in [-0.2, -0.15) is 0 Å². The van der Waals surface area contributed by atoms with Crippen LogP contribution in [0.15, 0.2) is 66.9 Å². The first-order valence-electron chi connectivity index (χ1n) is 10.5. The van der Waals surface area contributed by atoms with E-state index in [1.165, 1.54) is 0 Å². The number of aldehydes is 1. The van der Waals surface area contributed by atoms with Gasteiger partial charge in [-0.1, -0.05) is 60.5 Å². The van der Waals surface area contributed by atoms with Gasteiger partial charge in [0.05, 0.1) is 11.5 Å². The van der Waals surface area contributed by atoms with Crippen molar-refractivity contribution < 1.29 is 9.59 Å². The van der Waals surface area contributed by atoms with Crippen LogP contribution in [0, 0.1) is 12.3 Å². The van der Waals surface area contributed by atoms with Crippen LogP contribution in [0.4, 0.5) is 5.82 Å². The molecule has 0 N–H and O–H groups in total. The molecule has 1 fully saturated rings. The standard InChI is InChI=1S/C26H24Cl2N2O2/c1-17-5-4-13-29-24(17)30-23(18-8-10-20(27)11-9-18)22(19-6-3-7-21(28)15-19)16-26(2,12-14-31)25(30)32/h3-11,13-15,22-23H,12,16H2,1-2H3/t22-,23-,26+/m1/s1. The molecule has 0 bridgehead atoms.